The Hall–Kier alpha value is -3.44. The fourth-order valence-corrected chi connectivity index (χ4v) is 3.56. The normalized spacial score (nSPS) is 13.3. The van der Waals surface area contributed by atoms with Crippen LogP contribution in [-0.4, -0.2) is 24.1 Å². The standard InChI is InChI=1S/C25H22ClN3O2/c1-17-6-8-18(9-7-17)15-27-24(30)16-29-23-5-3-2-4-21(23)28-22(14-25(29)31)19-10-12-20(26)13-11-19/h2-13H,14-16H2,1H3,(H,27,30). The van der Waals surface area contributed by atoms with Crippen LogP contribution in [0.1, 0.15) is 23.1 Å². The van der Waals surface area contributed by atoms with E-state index < -0.39 is 0 Å². The third-order valence-corrected chi connectivity index (χ3v) is 5.39. The van der Waals surface area contributed by atoms with Gasteiger partial charge in [0, 0.05) is 11.6 Å². The molecule has 0 spiro atoms. The van der Waals surface area contributed by atoms with Gasteiger partial charge in [-0.25, -0.2) is 0 Å². The summed E-state index contributed by atoms with van der Waals surface area (Å²) in [5.41, 5.74) is 4.94. The molecule has 0 radical (unpaired) electrons. The Labute approximate surface area is 186 Å². The molecule has 0 unspecified atom stereocenters. The van der Waals surface area contributed by atoms with E-state index in [0.29, 0.717) is 28.7 Å². The quantitative estimate of drug-likeness (QED) is 0.629. The van der Waals surface area contributed by atoms with Gasteiger partial charge in [-0.1, -0.05) is 65.7 Å². The number of anilines is 1. The van der Waals surface area contributed by atoms with Gasteiger partial charge in [0.1, 0.15) is 6.54 Å². The highest BCUT2D eigenvalue weighted by atomic mass is 35.5. The molecule has 1 aliphatic heterocycles. The average molecular weight is 432 g/mol. The molecular formula is C25H22ClN3O2. The molecule has 31 heavy (non-hydrogen) atoms. The number of nitrogens with one attached hydrogen (secondary N) is 1. The molecule has 4 rings (SSSR count). The van der Waals surface area contributed by atoms with E-state index in [1.54, 1.807) is 12.1 Å². The second kappa shape index (κ2) is 9.14. The lowest BCUT2D eigenvalue weighted by molar-refractivity contribution is -0.123. The number of fused-ring (bicyclic) bond motifs is 1. The smallest absolute Gasteiger partial charge is 0.240 e. The molecule has 3 aromatic rings. The summed E-state index contributed by atoms with van der Waals surface area (Å²) in [6, 6.07) is 22.6. The van der Waals surface area contributed by atoms with Gasteiger partial charge in [-0.3, -0.25) is 14.6 Å². The predicted molar refractivity (Wildman–Crippen MR) is 124 cm³/mol. The third kappa shape index (κ3) is 5.01. The van der Waals surface area contributed by atoms with E-state index in [9.17, 15) is 9.59 Å². The number of carbonyl (C=O) groups is 2. The van der Waals surface area contributed by atoms with Crippen LogP contribution in [0, 0.1) is 6.92 Å². The Morgan fingerprint density at radius 1 is 1.03 bits per heavy atom. The topological polar surface area (TPSA) is 61.8 Å². The van der Waals surface area contributed by atoms with E-state index in [1.807, 2.05) is 67.6 Å². The molecule has 6 heteroatoms. The molecule has 0 aromatic heterocycles. The van der Waals surface area contributed by atoms with E-state index in [1.165, 1.54) is 10.5 Å². The van der Waals surface area contributed by atoms with E-state index >= 15 is 0 Å². The number of aryl methyl sites for hydroxylation is 1. The van der Waals surface area contributed by atoms with Gasteiger partial charge < -0.3 is 10.2 Å². The number of halogens is 1. The lowest BCUT2D eigenvalue weighted by Gasteiger charge is -2.22. The van der Waals surface area contributed by atoms with Gasteiger partial charge in [0.25, 0.3) is 0 Å². The van der Waals surface area contributed by atoms with Crippen molar-refractivity contribution in [3.05, 3.63) is 94.5 Å². The average Bonchev–Trinajstić information content (AvgIpc) is 2.90. The first-order valence-corrected chi connectivity index (χ1v) is 10.4. The maximum atomic E-state index is 13.1. The Bertz CT molecular complexity index is 1140. The van der Waals surface area contributed by atoms with Crippen LogP contribution in [0.3, 0.4) is 0 Å². The van der Waals surface area contributed by atoms with E-state index in [-0.39, 0.29) is 24.8 Å². The summed E-state index contributed by atoms with van der Waals surface area (Å²) in [6.07, 6.45) is 0.0988. The van der Waals surface area contributed by atoms with Crippen LogP contribution in [0.4, 0.5) is 11.4 Å². The van der Waals surface area contributed by atoms with Crippen molar-refractivity contribution in [3.8, 4) is 0 Å². The molecule has 0 saturated carbocycles. The number of hydrogen-bond acceptors (Lipinski definition) is 3. The van der Waals surface area contributed by atoms with Crippen LogP contribution < -0.4 is 10.2 Å². The lowest BCUT2D eigenvalue weighted by Crippen LogP contribution is -2.41. The largest absolute Gasteiger partial charge is 0.350 e. The van der Waals surface area contributed by atoms with Crippen LogP contribution in [-0.2, 0) is 16.1 Å². The first-order valence-electron chi connectivity index (χ1n) is 10.0. The highest BCUT2D eigenvalue weighted by Crippen LogP contribution is 2.32. The summed E-state index contributed by atoms with van der Waals surface area (Å²) in [6.45, 7) is 2.37. The SMILES string of the molecule is Cc1ccc(CNC(=O)CN2C(=O)CC(c3ccc(Cl)cc3)=Nc3ccccc32)cc1. The minimum atomic E-state index is -0.223. The first-order chi connectivity index (χ1) is 15.0. The second-order valence-electron chi connectivity index (χ2n) is 7.47. The molecule has 1 aliphatic rings. The number of amides is 2. The number of hydrogen-bond donors (Lipinski definition) is 1. The van der Waals surface area contributed by atoms with Crippen LogP contribution >= 0.6 is 11.6 Å². The molecule has 1 heterocycles. The first kappa shape index (κ1) is 20.8. The summed E-state index contributed by atoms with van der Waals surface area (Å²) < 4.78 is 0. The molecule has 1 N–H and O–H groups in total. The van der Waals surface area contributed by atoms with Crippen molar-refractivity contribution >= 4 is 40.5 Å². The number of nitrogens with zero attached hydrogens (tertiary/aromatic N) is 2. The number of benzene rings is 3. The zero-order valence-electron chi connectivity index (χ0n) is 17.1. The molecule has 0 bridgehead atoms. The molecule has 3 aromatic carbocycles. The Morgan fingerprint density at radius 2 is 1.74 bits per heavy atom. The number of para-hydroxylation sites is 2. The zero-order valence-corrected chi connectivity index (χ0v) is 17.9. The molecule has 5 nitrogen and oxygen atoms in total. The van der Waals surface area contributed by atoms with Crippen LogP contribution in [0.5, 0.6) is 0 Å². The van der Waals surface area contributed by atoms with E-state index in [4.69, 9.17) is 16.6 Å². The van der Waals surface area contributed by atoms with Crippen molar-refractivity contribution in [2.75, 3.05) is 11.4 Å². The minimum Gasteiger partial charge on any atom is -0.350 e. The predicted octanol–water partition coefficient (Wildman–Crippen LogP) is 4.82. The second-order valence-corrected chi connectivity index (χ2v) is 7.91. The van der Waals surface area contributed by atoms with Crippen molar-refractivity contribution in [2.24, 2.45) is 4.99 Å². The zero-order chi connectivity index (χ0) is 21.8. The summed E-state index contributed by atoms with van der Waals surface area (Å²) in [4.78, 5) is 32.0. The van der Waals surface area contributed by atoms with E-state index in [2.05, 4.69) is 5.32 Å². The highest BCUT2D eigenvalue weighted by molar-refractivity contribution is 6.30. The van der Waals surface area contributed by atoms with Gasteiger partial charge in [0.15, 0.2) is 0 Å². The molecule has 156 valence electrons. The maximum Gasteiger partial charge on any atom is 0.240 e. The number of aliphatic imine (C=N–C) groups is 1. The van der Waals surface area contributed by atoms with Crippen molar-refractivity contribution < 1.29 is 9.59 Å². The Kier molecular flexibility index (Phi) is 6.14. The summed E-state index contributed by atoms with van der Waals surface area (Å²) in [5, 5.41) is 3.52. The molecular weight excluding hydrogens is 410 g/mol. The molecule has 0 atom stereocenters. The summed E-state index contributed by atoms with van der Waals surface area (Å²) in [7, 11) is 0. The highest BCUT2D eigenvalue weighted by Gasteiger charge is 2.26. The lowest BCUT2D eigenvalue weighted by atomic mass is 10.1. The van der Waals surface area contributed by atoms with Crippen molar-refractivity contribution in [2.45, 2.75) is 19.9 Å². The number of rotatable bonds is 5. The fraction of sp³-hybridized carbons (Fsp3) is 0.160. The van der Waals surface area contributed by atoms with Crippen LogP contribution in [0.25, 0.3) is 0 Å². The Morgan fingerprint density at radius 3 is 2.48 bits per heavy atom. The Balaban J connectivity index is 1.53. The molecule has 0 saturated heterocycles. The van der Waals surface area contributed by atoms with Crippen LogP contribution in [0.2, 0.25) is 5.02 Å². The molecule has 0 fully saturated rings. The van der Waals surface area contributed by atoms with Crippen molar-refractivity contribution in [1.82, 2.24) is 5.32 Å². The van der Waals surface area contributed by atoms with Crippen molar-refractivity contribution in [3.63, 3.8) is 0 Å². The maximum absolute atomic E-state index is 13.1. The van der Waals surface area contributed by atoms with Gasteiger partial charge in [-0.15, -0.1) is 0 Å². The van der Waals surface area contributed by atoms with Crippen LogP contribution in [0.15, 0.2) is 77.8 Å². The van der Waals surface area contributed by atoms with Gasteiger partial charge in [-0.2, -0.15) is 0 Å². The minimum absolute atomic E-state index is 0.0644. The number of carbonyl (C=O) groups excluding carboxylic acids is 2. The van der Waals surface area contributed by atoms with Gasteiger partial charge in [0.2, 0.25) is 11.8 Å². The monoisotopic (exact) mass is 431 g/mol. The van der Waals surface area contributed by atoms with Gasteiger partial charge in [-0.05, 0) is 42.3 Å². The molecule has 2 amide bonds. The van der Waals surface area contributed by atoms with Crippen molar-refractivity contribution in [1.29, 1.82) is 0 Å². The third-order valence-electron chi connectivity index (χ3n) is 5.14. The van der Waals surface area contributed by atoms with Gasteiger partial charge in [0.05, 0.1) is 23.5 Å². The fourth-order valence-electron chi connectivity index (χ4n) is 3.43. The summed E-state index contributed by atoms with van der Waals surface area (Å²) in [5.74, 6) is -0.400. The van der Waals surface area contributed by atoms with E-state index in [0.717, 1.165) is 11.1 Å². The molecule has 0 aliphatic carbocycles. The summed E-state index contributed by atoms with van der Waals surface area (Å²) >= 11 is 6.00. The van der Waals surface area contributed by atoms with Gasteiger partial charge >= 0.3 is 0 Å².